The van der Waals surface area contributed by atoms with Crippen LogP contribution in [0.1, 0.15) is 26.4 Å². The lowest BCUT2D eigenvalue weighted by Gasteiger charge is -2.36. The molecule has 3 rings (SSSR count). The topological polar surface area (TPSA) is 62.7 Å². The van der Waals surface area contributed by atoms with Gasteiger partial charge in [0, 0.05) is 38.1 Å². The van der Waals surface area contributed by atoms with E-state index in [4.69, 9.17) is 0 Å². The Kier molecular flexibility index (Phi) is 4.97. The van der Waals surface area contributed by atoms with Gasteiger partial charge in [0.1, 0.15) is 5.69 Å². The van der Waals surface area contributed by atoms with Crippen LogP contribution >= 0.6 is 0 Å². The molecule has 1 amide bonds. The number of carbonyl (C=O) groups is 2. The van der Waals surface area contributed by atoms with Gasteiger partial charge < -0.3 is 14.5 Å². The third-order valence-electron chi connectivity index (χ3n) is 4.34. The maximum Gasteiger partial charge on any atom is 0.339 e. The van der Waals surface area contributed by atoms with Crippen molar-refractivity contribution in [2.75, 3.05) is 38.2 Å². The molecule has 2 heterocycles. The molecule has 0 bridgehead atoms. The van der Waals surface area contributed by atoms with Crippen LogP contribution < -0.4 is 4.90 Å². The molecular weight excluding hydrogens is 318 g/mol. The molecule has 1 aliphatic rings. The van der Waals surface area contributed by atoms with E-state index in [1.165, 1.54) is 24.6 Å². The molecule has 1 fully saturated rings. The fourth-order valence-electron chi connectivity index (χ4n) is 2.91. The number of piperazine rings is 1. The van der Waals surface area contributed by atoms with Gasteiger partial charge in [0.25, 0.3) is 5.91 Å². The minimum atomic E-state index is -0.460. The average Bonchev–Trinajstić information content (AvgIpc) is 2.67. The van der Waals surface area contributed by atoms with Crippen molar-refractivity contribution in [1.82, 2.24) is 9.88 Å². The Labute approximate surface area is 147 Å². The molecule has 0 aliphatic carbocycles. The first-order valence-corrected chi connectivity index (χ1v) is 8.24. The molecule has 25 heavy (non-hydrogen) atoms. The molecule has 0 spiro atoms. The number of rotatable bonds is 3. The van der Waals surface area contributed by atoms with Gasteiger partial charge in [-0.1, -0.05) is 12.1 Å². The summed E-state index contributed by atoms with van der Waals surface area (Å²) >= 11 is 0. The minimum absolute atomic E-state index is 0.111. The number of amides is 1. The van der Waals surface area contributed by atoms with Crippen LogP contribution in [0.25, 0.3) is 0 Å². The van der Waals surface area contributed by atoms with Crippen molar-refractivity contribution < 1.29 is 14.3 Å². The summed E-state index contributed by atoms with van der Waals surface area (Å²) in [6, 6.07) is 11.5. The van der Waals surface area contributed by atoms with Crippen molar-refractivity contribution >= 4 is 17.6 Å². The van der Waals surface area contributed by atoms with Crippen molar-refractivity contribution in [3.8, 4) is 0 Å². The lowest BCUT2D eigenvalue weighted by atomic mass is 10.2. The van der Waals surface area contributed by atoms with Crippen LogP contribution in [0.2, 0.25) is 0 Å². The zero-order valence-electron chi connectivity index (χ0n) is 14.4. The van der Waals surface area contributed by atoms with E-state index < -0.39 is 5.97 Å². The molecule has 0 radical (unpaired) electrons. The smallest absolute Gasteiger partial charge is 0.339 e. The lowest BCUT2D eigenvalue weighted by molar-refractivity contribution is 0.0599. The van der Waals surface area contributed by atoms with Crippen LogP contribution in [-0.4, -0.2) is 55.0 Å². The van der Waals surface area contributed by atoms with E-state index in [2.05, 4.69) is 45.8 Å². The maximum atomic E-state index is 12.6. The highest BCUT2D eigenvalue weighted by Gasteiger charge is 2.23. The van der Waals surface area contributed by atoms with Crippen molar-refractivity contribution in [1.29, 1.82) is 0 Å². The van der Waals surface area contributed by atoms with Crippen LogP contribution in [0, 0.1) is 6.92 Å². The third kappa shape index (κ3) is 3.79. The SMILES string of the molecule is COC(=O)c1ccc(C(=O)N2CCN(c3cccc(C)c3)CC2)nc1. The molecule has 1 aliphatic heterocycles. The Morgan fingerprint density at radius 2 is 1.84 bits per heavy atom. The van der Waals surface area contributed by atoms with Crippen LogP contribution in [-0.2, 0) is 4.74 Å². The number of benzene rings is 1. The van der Waals surface area contributed by atoms with E-state index in [0.29, 0.717) is 24.3 Å². The number of esters is 1. The quantitative estimate of drug-likeness (QED) is 0.802. The lowest BCUT2D eigenvalue weighted by Crippen LogP contribution is -2.49. The highest BCUT2D eigenvalue weighted by Crippen LogP contribution is 2.18. The molecule has 130 valence electrons. The number of pyridine rings is 1. The third-order valence-corrected chi connectivity index (χ3v) is 4.34. The summed E-state index contributed by atoms with van der Waals surface area (Å²) < 4.78 is 4.64. The van der Waals surface area contributed by atoms with E-state index in [-0.39, 0.29) is 5.91 Å². The highest BCUT2D eigenvalue weighted by atomic mass is 16.5. The van der Waals surface area contributed by atoms with Gasteiger partial charge in [-0.2, -0.15) is 0 Å². The Balaban J connectivity index is 1.62. The number of methoxy groups -OCH3 is 1. The van der Waals surface area contributed by atoms with Gasteiger partial charge in [0.15, 0.2) is 0 Å². The minimum Gasteiger partial charge on any atom is -0.465 e. The second-order valence-electron chi connectivity index (χ2n) is 6.04. The zero-order chi connectivity index (χ0) is 17.8. The summed E-state index contributed by atoms with van der Waals surface area (Å²) in [7, 11) is 1.31. The van der Waals surface area contributed by atoms with E-state index >= 15 is 0 Å². The van der Waals surface area contributed by atoms with E-state index in [1.807, 2.05) is 0 Å². The number of aromatic nitrogens is 1. The summed E-state index contributed by atoms with van der Waals surface area (Å²) in [5.74, 6) is -0.571. The first kappa shape index (κ1) is 17.0. The van der Waals surface area contributed by atoms with Gasteiger partial charge in [0.05, 0.1) is 12.7 Å². The van der Waals surface area contributed by atoms with Crippen LogP contribution in [0.15, 0.2) is 42.6 Å². The van der Waals surface area contributed by atoms with Gasteiger partial charge in [-0.25, -0.2) is 4.79 Å². The number of nitrogens with zero attached hydrogens (tertiary/aromatic N) is 3. The molecule has 0 unspecified atom stereocenters. The monoisotopic (exact) mass is 339 g/mol. The molecule has 0 saturated carbocycles. The summed E-state index contributed by atoms with van der Waals surface area (Å²) in [5, 5.41) is 0. The number of aryl methyl sites for hydroxylation is 1. The number of hydrogen-bond donors (Lipinski definition) is 0. The molecular formula is C19H21N3O3. The molecule has 6 nitrogen and oxygen atoms in total. The molecule has 0 atom stereocenters. The Hall–Kier alpha value is -2.89. The van der Waals surface area contributed by atoms with Gasteiger partial charge in [-0.15, -0.1) is 0 Å². The molecule has 1 aromatic carbocycles. The van der Waals surface area contributed by atoms with Gasteiger partial charge in [-0.05, 0) is 36.8 Å². The molecule has 2 aromatic rings. The zero-order valence-corrected chi connectivity index (χ0v) is 14.4. The summed E-state index contributed by atoms with van der Waals surface area (Å²) in [5.41, 5.74) is 3.10. The Morgan fingerprint density at radius 3 is 2.44 bits per heavy atom. The number of carbonyl (C=O) groups excluding carboxylic acids is 2. The first-order chi connectivity index (χ1) is 12.1. The maximum absolute atomic E-state index is 12.6. The van der Waals surface area contributed by atoms with Crippen molar-refractivity contribution in [3.63, 3.8) is 0 Å². The molecule has 1 saturated heterocycles. The predicted molar refractivity (Wildman–Crippen MR) is 94.9 cm³/mol. The molecule has 1 aromatic heterocycles. The number of hydrogen-bond acceptors (Lipinski definition) is 5. The fourth-order valence-corrected chi connectivity index (χ4v) is 2.91. The van der Waals surface area contributed by atoms with Crippen LogP contribution in [0.3, 0.4) is 0 Å². The number of ether oxygens (including phenoxy) is 1. The molecule has 6 heteroatoms. The first-order valence-electron chi connectivity index (χ1n) is 8.24. The average molecular weight is 339 g/mol. The fraction of sp³-hybridized carbons (Fsp3) is 0.316. The van der Waals surface area contributed by atoms with Crippen LogP contribution in [0.4, 0.5) is 5.69 Å². The second kappa shape index (κ2) is 7.34. The van der Waals surface area contributed by atoms with E-state index in [1.54, 1.807) is 17.0 Å². The normalized spacial score (nSPS) is 14.3. The van der Waals surface area contributed by atoms with Gasteiger partial charge in [0.2, 0.25) is 0 Å². The van der Waals surface area contributed by atoms with Gasteiger partial charge >= 0.3 is 5.97 Å². The molecule has 0 N–H and O–H groups in total. The van der Waals surface area contributed by atoms with Crippen molar-refractivity contribution in [2.45, 2.75) is 6.92 Å². The van der Waals surface area contributed by atoms with Crippen LogP contribution in [0.5, 0.6) is 0 Å². The van der Waals surface area contributed by atoms with E-state index in [0.717, 1.165) is 13.1 Å². The standard InChI is InChI=1S/C19H21N3O3/c1-14-4-3-5-16(12-14)21-8-10-22(11-9-21)18(23)17-7-6-15(13-20-17)19(24)25-2/h3-7,12-13H,8-11H2,1-2H3. The van der Waals surface area contributed by atoms with E-state index in [9.17, 15) is 9.59 Å². The number of anilines is 1. The predicted octanol–water partition coefficient (Wildman–Crippen LogP) is 2.14. The highest BCUT2D eigenvalue weighted by molar-refractivity contribution is 5.94. The second-order valence-corrected chi connectivity index (χ2v) is 6.04. The van der Waals surface area contributed by atoms with Crippen molar-refractivity contribution in [2.24, 2.45) is 0 Å². The largest absolute Gasteiger partial charge is 0.465 e. The van der Waals surface area contributed by atoms with Crippen molar-refractivity contribution in [3.05, 3.63) is 59.4 Å². The summed E-state index contributed by atoms with van der Waals surface area (Å²) in [6.07, 6.45) is 1.38. The Bertz CT molecular complexity index is 766. The Morgan fingerprint density at radius 1 is 1.08 bits per heavy atom. The van der Waals surface area contributed by atoms with Gasteiger partial charge in [-0.3, -0.25) is 9.78 Å². The summed E-state index contributed by atoms with van der Waals surface area (Å²) in [4.78, 5) is 32.2. The summed E-state index contributed by atoms with van der Waals surface area (Å²) in [6.45, 7) is 4.94.